The zero-order valence-electron chi connectivity index (χ0n) is 9.46. The molecule has 2 rings (SSSR count). The van der Waals surface area contributed by atoms with Crippen LogP contribution < -0.4 is 0 Å². The summed E-state index contributed by atoms with van der Waals surface area (Å²) >= 11 is 0. The zero-order valence-corrected chi connectivity index (χ0v) is 9.46. The first-order valence-electron chi connectivity index (χ1n) is 5.47. The summed E-state index contributed by atoms with van der Waals surface area (Å²) in [5.74, 6) is 0.0130. The van der Waals surface area contributed by atoms with Gasteiger partial charge in [0.1, 0.15) is 5.82 Å². The highest BCUT2D eigenvalue weighted by molar-refractivity contribution is 5.42. The molecule has 0 aromatic heterocycles. The fourth-order valence-electron chi connectivity index (χ4n) is 1.89. The van der Waals surface area contributed by atoms with Gasteiger partial charge < -0.3 is 0 Å². The molecular formula is C13H14FNO. The third-order valence-electron chi connectivity index (χ3n) is 3.11. The number of carbonyl (C=O) groups excluding carboxylic acids is 1. The molecule has 1 fully saturated rings. The maximum Gasteiger partial charge on any atom is 0.235 e. The first kappa shape index (κ1) is 11.0. The summed E-state index contributed by atoms with van der Waals surface area (Å²) in [6, 6.07) is 4.95. The Hall–Kier alpha value is -1.47. The van der Waals surface area contributed by atoms with Gasteiger partial charge in [0.25, 0.3) is 0 Å². The van der Waals surface area contributed by atoms with Crippen LogP contribution in [0.25, 0.3) is 0 Å². The Morgan fingerprint density at radius 2 is 2.06 bits per heavy atom. The van der Waals surface area contributed by atoms with Gasteiger partial charge in [-0.15, -0.1) is 0 Å². The monoisotopic (exact) mass is 219 g/mol. The number of benzene rings is 1. The third kappa shape index (κ3) is 1.91. The predicted molar refractivity (Wildman–Crippen MR) is 59.5 cm³/mol. The van der Waals surface area contributed by atoms with E-state index in [0.29, 0.717) is 0 Å². The Kier molecular flexibility index (Phi) is 2.64. The molecule has 1 saturated carbocycles. The Morgan fingerprint density at radius 3 is 2.56 bits per heavy atom. The molecule has 16 heavy (non-hydrogen) atoms. The van der Waals surface area contributed by atoms with E-state index in [1.165, 1.54) is 12.1 Å². The minimum atomic E-state index is -0.479. The maximum absolute atomic E-state index is 13.4. The van der Waals surface area contributed by atoms with Gasteiger partial charge in [0, 0.05) is 0 Å². The summed E-state index contributed by atoms with van der Waals surface area (Å²) in [6.45, 7) is 4.03. The molecule has 2 nitrogen and oxygen atoms in total. The molecule has 1 aliphatic carbocycles. The van der Waals surface area contributed by atoms with Gasteiger partial charge in [-0.1, -0.05) is 19.9 Å². The van der Waals surface area contributed by atoms with Crippen LogP contribution in [-0.4, -0.2) is 6.08 Å². The Morgan fingerprint density at radius 1 is 1.38 bits per heavy atom. The molecule has 0 bridgehead atoms. The lowest BCUT2D eigenvalue weighted by Gasteiger charge is -2.12. The van der Waals surface area contributed by atoms with E-state index in [4.69, 9.17) is 0 Å². The molecule has 1 aliphatic rings. The highest BCUT2D eigenvalue weighted by Gasteiger charge is 2.45. The second-order valence-corrected chi connectivity index (χ2v) is 4.66. The second-order valence-electron chi connectivity index (χ2n) is 4.66. The zero-order chi connectivity index (χ0) is 11.8. The van der Waals surface area contributed by atoms with E-state index >= 15 is 0 Å². The number of isocyanates is 1. The van der Waals surface area contributed by atoms with E-state index in [9.17, 15) is 9.18 Å². The van der Waals surface area contributed by atoms with Gasteiger partial charge in [-0.3, -0.25) is 0 Å². The third-order valence-corrected chi connectivity index (χ3v) is 3.11. The van der Waals surface area contributed by atoms with Crippen LogP contribution in [0, 0.1) is 5.82 Å². The average Bonchev–Trinajstić information content (AvgIpc) is 2.98. The van der Waals surface area contributed by atoms with Crippen molar-refractivity contribution in [3.8, 4) is 0 Å². The molecule has 84 valence electrons. The van der Waals surface area contributed by atoms with E-state index in [2.05, 4.69) is 4.99 Å². The van der Waals surface area contributed by atoms with Crippen LogP contribution >= 0.6 is 0 Å². The molecule has 3 heteroatoms. The lowest BCUT2D eigenvalue weighted by Crippen LogP contribution is -2.04. The summed E-state index contributed by atoms with van der Waals surface area (Å²) in [5.41, 5.74) is 1.27. The summed E-state index contributed by atoms with van der Waals surface area (Å²) in [4.78, 5) is 14.2. The molecule has 1 aromatic rings. The summed E-state index contributed by atoms with van der Waals surface area (Å²) in [5, 5.41) is 0. The summed E-state index contributed by atoms with van der Waals surface area (Å²) < 4.78 is 13.4. The van der Waals surface area contributed by atoms with Crippen molar-refractivity contribution in [2.24, 2.45) is 4.99 Å². The number of hydrogen-bond donors (Lipinski definition) is 0. The molecule has 0 spiro atoms. The van der Waals surface area contributed by atoms with Gasteiger partial charge in [0.05, 0.1) is 5.54 Å². The number of rotatable bonds is 3. The molecule has 0 unspecified atom stereocenters. The minimum absolute atomic E-state index is 0.256. The fraction of sp³-hybridized carbons (Fsp3) is 0.462. The lowest BCUT2D eigenvalue weighted by atomic mass is 9.96. The number of aliphatic imine (C=N–C) groups is 1. The van der Waals surface area contributed by atoms with E-state index in [0.717, 1.165) is 24.0 Å². The SMILES string of the molecule is CC(C)c1cc(F)cc(C2(N=C=O)CC2)c1. The quantitative estimate of drug-likeness (QED) is 0.566. The predicted octanol–water partition coefficient (Wildman–Crippen LogP) is 3.27. The largest absolute Gasteiger partial charge is 0.235 e. The van der Waals surface area contributed by atoms with Gasteiger partial charge in [-0.25, -0.2) is 9.18 Å². The normalized spacial score (nSPS) is 17.0. The molecular weight excluding hydrogens is 205 g/mol. The molecule has 0 aliphatic heterocycles. The van der Waals surface area contributed by atoms with Crippen molar-refractivity contribution >= 4 is 6.08 Å². The van der Waals surface area contributed by atoms with E-state index in [1.54, 1.807) is 6.08 Å². The fourth-order valence-corrected chi connectivity index (χ4v) is 1.89. The first-order chi connectivity index (χ1) is 7.57. The average molecular weight is 219 g/mol. The van der Waals surface area contributed by atoms with Gasteiger partial charge in [0.15, 0.2) is 0 Å². The van der Waals surface area contributed by atoms with Crippen LogP contribution in [0.15, 0.2) is 23.2 Å². The lowest BCUT2D eigenvalue weighted by molar-refractivity contribution is 0.555. The van der Waals surface area contributed by atoms with Gasteiger partial charge in [0.2, 0.25) is 6.08 Å². The van der Waals surface area contributed by atoms with Crippen LogP contribution in [0.2, 0.25) is 0 Å². The number of halogens is 1. The minimum Gasteiger partial charge on any atom is -0.211 e. The summed E-state index contributed by atoms with van der Waals surface area (Å²) in [7, 11) is 0. The molecule has 0 heterocycles. The van der Waals surface area contributed by atoms with Crippen molar-refractivity contribution in [2.45, 2.75) is 38.1 Å². The van der Waals surface area contributed by atoms with Gasteiger partial charge in [-0.05, 0) is 42.0 Å². The second kappa shape index (κ2) is 3.84. The van der Waals surface area contributed by atoms with Crippen LogP contribution in [0.1, 0.15) is 43.7 Å². The van der Waals surface area contributed by atoms with Crippen molar-refractivity contribution in [1.82, 2.24) is 0 Å². The highest BCUT2D eigenvalue weighted by atomic mass is 19.1. The molecule has 0 N–H and O–H groups in total. The summed E-state index contributed by atoms with van der Waals surface area (Å²) in [6.07, 6.45) is 3.21. The van der Waals surface area contributed by atoms with Gasteiger partial charge in [-0.2, -0.15) is 4.99 Å². The molecule has 0 saturated heterocycles. The van der Waals surface area contributed by atoms with Crippen molar-refractivity contribution in [3.05, 3.63) is 35.1 Å². The molecule has 0 radical (unpaired) electrons. The molecule has 0 amide bonds. The first-order valence-corrected chi connectivity index (χ1v) is 5.47. The van der Waals surface area contributed by atoms with Crippen molar-refractivity contribution in [3.63, 3.8) is 0 Å². The van der Waals surface area contributed by atoms with Gasteiger partial charge >= 0.3 is 0 Å². The molecule has 0 atom stereocenters. The van der Waals surface area contributed by atoms with E-state index < -0.39 is 5.54 Å². The Labute approximate surface area is 94.2 Å². The van der Waals surface area contributed by atoms with E-state index in [-0.39, 0.29) is 11.7 Å². The standard InChI is InChI=1S/C13H14FNO/c1-9(2)10-5-11(7-12(14)6-10)13(3-4-13)15-8-16/h5-7,9H,3-4H2,1-2H3. The van der Waals surface area contributed by atoms with Crippen LogP contribution in [0.4, 0.5) is 4.39 Å². The highest BCUT2D eigenvalue weighted by Crippen LogP contribution is 2.49. The van der Waals surface area contributed by atoms with Crippen molar-refractivity contribution in [2.75, 3.05) is 0 Å². The number of nitrogens with zero attached hydrogens (tertiary/aromatic N) is 1. The molecule has 1 aromatic carbocycles. The van der Waals surface area contributed by atoms with Crippen LogP contribution in [0.3, 0.4) is 0 Å². The van der Waals surface area contributed by atoms with Crippen LogP contribution in [0.5, 0.6) is 0 Å². The van der Waals surface area contributed by atoms with E-state index in [1.807, 2.05) is 19.9 Å². The Bertz CT molecular complexity index is 457. The Balaban J connectivity index is 2.45. The van der Waals surface area contributed by atoms with Crippen molar-refractivity contribution in [1.29, 1.82) is 0 Å². The smallest absolute Gasteiger partial charge is 0.211 e. The number of hydrogen-bond acceptors (Lipinski definition) is 2. The van der Waals surface area contributed by atoms with Crippen molar-refractivity contribution < 1.29 is 9.18 Å². The maximum atomic E-state index is 13.4. The van der Waals surface area contributed by atoms with Crippen LogP contribution in [-0.2, 0) is 10.3 Å². The topological polar surface area (TPSA) is 29.4 Å².